The lowest BCUT2D eigenvalue weighted by Gasteiger charge is -2.48. The Morgan fingerprint density at radius 1 is 0.864 bits per heavy atom. The molecule has 0 radical (unpaired) electrons. The van der Waals surface area contributed by atoms with Crippen molar-refractivity contribution in [3.05, 3.63) is 83.9 Å². The third-order valence-corrected chi connectivity index (χ3v) is 9.01. The Balaban J connectivity index is 1.35. The van der Waals surface area contributed by atoms with E-state index in [1.165, 1.54) is 0 Å². The van der Waals surface area contributed by atoms with E-state index in [0.717, 1.165) is 42.5 Å². The minimum Gasteiger partial charge on any atom is -0.508 e. The highest BCUT2D eigenvalue weighted by molar-refractivity contribution is 6.03. The summed E-state index contributed by atoms with van der Waals surface area (Å²) < 4.78 is 5.67. The molecule has 0 bridgehead atoms. The first-order valence-electron chi connectivity index (χ1n) is 15.5. The van der Waals surface area contributed by atoms with E-state index in [-0.39, 0.29) is 23.6 Å². The molecular weight excluding hydrogens is 562 g/mol. The molecule has 2 aliphatic rings. The van der Waals surface area contributed by atoms with Crippen molar-refractivity contribution in [3.63, 3.8) is 0 Å². The molecule has 6 N–H and O–H groups in total. The van der Waals surface area contributed by atoms with Crippen LogP contribution in [0.1, 0.15) is 68.7 Å². The van der Waals surface area contributed by atoms with Crippen molar-refractivity contribution in [1.82, 2.24) is 0 Å². The first-order chi connectivity index (χ1) is 21.2. The van der Waals surface area contributed by atoms with Crippen LogP contribution in [0.3, 0.4) is 0 Å². The van der Waals surface area contributed by atoms with Crippen LogP contribution in [0.25, 0.3) is 11.1 Å². The number of carbonyl (C=O) groups excluding carboxylic acids is 1. The van der Waals surface area contributed by atoms with E-state index in [1.807, 2.05) is 42.5 Å². The number of ether oxygens (including phenoxy) is 1. The van der Waals surface area contributed by atoms with Crippen LogP contribution in [0, 0.1) is 5.92 Å². The Kier molecular flexibility index (Phi) is 10.4. The van der Waals surface area contributed by atoms with Crippen LogP contribution < -0.4 is 4.90 Å². The van der Waals surface area contributed by atoms with Gasteiger partial charge in [-0.2, -0.15) is 0 Å². The molecule has 2 saturated heterocycles. The summed E-state index contributed by atoms with van der Waals surface area (Å²) in [5, 5.41) is 62.0. The van der Waals surface area contributed by atoms with E-state index in [4.69, 9.17) is 4.74 Å². The van der Waals surface area contributed by atoms with E-state index >= 15 is 0 Å². The zero-order valence-corrected chi connectivity index (χ0v) is 24.9. The molecular formula is C35H43NO8. The van der Waals surface area contributed by atoms with Gasteiger partial charge in [0.2, 0.25) is 5.91 Å². The molecule has 44 heavy (non-hydrogen) atoms. The number of unbranched alkanes of at least 4 members (excludes halogenated alkanes) is 2. The van der Waals surface area contributed by atoms with Crippen LogP contribution in [0.2, 0.25) is 0 Å². The monoisotopic (exact) mass is 605 g/mol. The zero-order chi connectivity index (χ0) is 31.4. The maximum absolute atomic E-state index is 13.4. The summed E-state index contributed by atoms with van der Waals surface area (Å²) in [6, 6.07) is 21.5. The fraction of sp³-hybridized carbons (Fsp3) is 0.457. The van der Waals surface area contributed by atoms with Crippen LogP contribution in [-0.2, 0) is 9.53 Å². The van der Waals surface area contributed by atoms with Gasteiger partial charge < -0.3 is 40.3 Å². The van der Waals surface area contributed by atoms with Gasteiger partial charge in [0.05, 0.1) is 24.7 Å². The third kappa shape index (κ3) is 6.54. The van der Waals surface area contributed by atoms with E-state index < -0.39 is 43.2 Å². The smallest absolute Gasteiger partial charge is 0.233 e. The number of carbonyl (C=O) groups is 1. The average Bonchev–Trinajstić information content (AvgIpc) is 3.03. The topological polar surface area (TPSA) is 151 Å². The second-order valence-electron chi connectivity index (χ2n) is 12.0. The summed E-state index contributed by atoms with van der Waals surface area (Å²) in [6.07, 6.45) is -1.75. The lowest BCUT2D eigenvalue weighted by molar-refractivity contribution is -0.231. The van der Waals surface area contributed by atoms with Gasteiger partial charge in [-0.05, 0) is 54.2 Å². The van der Waals surface area contributed by atoms with Crippen molar-refractivity contribution < 1.29 is 40.2 Å². The molecule has 0 aromatic heterocycles. The fourth-order valence-electron chi connectivity index (χ4n) is 6.42. The summed E-state index contributed by atoms with van der Waals surface area (Å²) in [6.45, 7) is 1.62. The first-order valence-corrected chi connectivity index (χ1v) is 15.5. The van der Waals surface area contributed by atoms with Gasteiger partial charge in [-0.15, -0.1) is 0 Å². The summed E-state index contributed by atoms with van der Waals surface area (Å²) >= 11 is 0. The van der Waals surface area contributed by atoms with Gasteiger partial charge in [-0.25, -0.2) is 0 Å². The molecule has 236 valence electrons. The largest absolute Gasteiger partial charge is 0.508 e. The number of benzene rings is 3. The Bertz CT molecular complexity index is 1380. The van der Waals surface area contributed by atoms with Crippen molar-refractivity contribution >= 4 is 11.6 Å². The number of aliphatic hydroxyl groups excluding tert-OH is 5. The highest BCUT2D eigenvalue weighted by atomic mass is 16.5. The van der Waals surface area contributed by atoms with Gasteiger partial charge in [-0.1, -0.05) is 80.8 Å². The molecule has 0 unspecified atom stereocenters. The van der Waals surface area contributed by atoms with Crippen LogP contribution in [0.15, 0.2) is 72.8 Å². The second kappa shape index (κ2) is 14.2. The molecule has 9 nitrogen and oxygen atoms in total. The molecule has 2 heterocycles. The molecule has 2 fully saturated rings. The van der Waals surface area contributed by atoms with Gasteiger partial charge >= 0.3 is 0 Å². The number of nitrogens with zero attached hydrogens (tertiary/aromatic N) is 1. The molecule has 9 heteroatoms. The number of phenols is 1. The normalized spacial score (nSPS) is 27.6. The lowest BCUT2D eigenvalue weighted by atomic mass is 9.77. The van der Waals surface area contributed by atoms with Gasteiger partial charge in [-0.3, -0.25) is 4.79 Å². The van der Waals surface area contributed by atoms with Crippen LogP contribution in [0.4, 0.5) is 5.69 Å². The number of β-lactam (4-membered cyclic amide) rings is 1. The van der Waals surface area contributed by atoms with E-state index in [9.17, 15) is 35.4 Å². The van der Waals surface area contributed by atoms with Crippen molar-refractivity contribution in [2.45, 2.75) is 88.1 Å². The molecule has 0 spiro atoms. The lowest BCUT2D eigenvalue weighted by Crippen LogP contribution is -2.55. The fourth-order valence-corrected chi connectivity index (χ4v) is 6.42. The molecule has 3 aromatic carbocycles. The average molecular weight is 606 g/mol. The minimum absolute atomic E-state index is 0.0192. The van der Waals surface area contributed by atoms with Gasteiger partial charge in [0.15, 0.2) is 0 Å². The van der Waals surface area contributed by atoms with Crippen molar-refractivity contribution in [2.75, 3.05) is 11.5 Å². The van der Waals surface area contributed by atoms with Gasteiger partial charge in [0, 0.05) is 11.3 Å². The SMILES string of the molecule is CCCCC[C@@H](O)CC[C@H]1C(=O)N(c2ccccc2)[C@@H]1c1ccc(-c2ccc([C@@H]3O[C@H](CO)[C@@H](O)[C@H](O)[C@H]3O)cc2)cc1O. The quantitative estimate of drug-likeness (QED) is 0.134. The summed E-state index contributed by atoms with van der Waals surface area (Å²) in [7, 11) is 0. The van der Waals surface area contributed by atoms with Crippen molar-refractivity contribution in [1.29, 1.82) is 0 Å². The summed E-state index contributed by atoms with van der Waals surface area (Å²) in [5.41, 5.74) is 3.50. The van der Waals surface area contributed by atoms with E-state index in [0.29, 0.717) is 24.0 Å². The van der Waals surface area contributed by atoms with E-state index in [1.54, 1.807) is 35.2 Å². The highest BCUT2D eigenvalue weighted by Crippen LogP contribution is 2.48. The second-order valence-corrected chi connectivity index (χ2v) is 12.0. The Hall–Kier alpha value is -3.31. The number of hydrogen-bond donors (Lipinski definition) is 6. The molecule has 1 amide bonds. The number of phenolic OH excluding ortho intramolecular Hbond substituents is 1. The summed E-state index contributed by atoms with van der Waals surface area (Å²) in [5.74, 6) is -0.313. The summed E-state index contributed by atoms with van der Waals surface area (Å²) in [4.78, 5) is 15.1. The predicted molar refractivity (Wildman–Crippen MR) is 166 cm³/mol. The van der Waals surface area contributed by atoms with Gasteiger partial charge in [0.1, 0.15) is 36.3 Å². The molecule has 3 aromatic rings. The molecule has 0 saturated carbocycles. The Morgan fingerprint density at radius 3 is 2.23 bits per heavy atom. The number of anilines is 1. The van der Waals surface area contributed by atoms with Gasteiger partial charge in [0.25, 0.3) is 0 Å². The minimum atomic E-state index is -1.46. The first kappa shape index (κ1) is 32.1. The number of aliphatic hydroxyl groups is 5. The number of para-hydroxylation sites is 1. The predicted octanol–water partition coefficient (Wildman–Crippen LogP) is 4.00. The Labute approximate surface area is 258 Å². The van der Waals surface area contributed by atoms with Crippen molar-refractivity contribution in [3.8, 4) is 16.9 Å². The number of rotatable bonds is 12. The van der Waals surface area contributed by atoms with Crippen LogP contribution in [-0.4, -0.2) is 73.7 Å². The maximum atomic E-state index is 13.4. The van der Waals surface area contributed by atoms with Crippen LogP contribution in [0.5, 0.6) is 5.75 Å². The van der Waals surface area contributed by atoms with E-state index in [2.05, 4.69) is 6.92 Å². The molecule has 8 atom stereocenters. The number of hydrogen-bond acceptors (Lipinski definition) is 8. The molecule has 5 rings (SSSR count). The molecule has 0 aliphatic carbocycles. The highest BCUT2D eigenvalue weighted by Gasteiger charge is 2.49. The molecule has 2 aliphatic heterocycles. The third-order valence-electron chi connectivity index (χ3n) is 9.01. The standard InChI is InChI=1S/C35H43NO8/c1-2-3-5-10-25(38)16-18-27-30(36(35(27)43)24-8-6-4-7-9-24)26-17-15-23(19-28(26)39)21-11-13-22(14-12-21)34-33(42)32(41)31(40)29(20-37)44-34/h4,6-9,11-15,17,19,25,27,29-34,37-42H,2-3,5,10,16,18,20H2,1H3/t25-,27-,29-,30-,31-,32+,33-,34+/m1/s1. The maximum Gasteiger partial charge on any atom is 0.233 e. The number of aromatic hydroxyl groups is 1. The Morgan fingerprint density at radius 2 is 1.57 bits per heavy atom. The van der Waals surface area contributed by atoms with Crippen LogP contribution >= 0.6 is 0 Å². The van der Waals surface area contributed by atoms with Crippen molar-refractivity contribution in [2.24, 2.45) is 5.92 Å². The zero-order valence-electron chi connectivity index (χ0n) is 24.9. The number of amides is 1.